The molecule has 5 heteroatoms. The molecule has 1 saturated carbocycles. The maximum absolute atomic E-state index is 4.26. The molecule has 0 spiro atoms. The third-order valence-electron chi connectivity index (χ3n) is 3.14. The fourth-order valence-electron chi connectivity index (χ4n) is 1.77. The molecule has 1 fully saturated rings. The Morgan fingerprint density at radius 2 is 2.00 bits per heavy atom. The zero-order valence-electron chi connectivity index (χ0n) is 10.3. The van der Waals surface area contributed by atoms with Gasteiger partial charge in [-0.15, -0.1) is 0 Å². The Kier molecular flexibility index (Phi) is 4.20. The van der Waals surface area contributed by atoms with Crippen molar-refractivity contribution in [2.75, 3.05) is 23.7 Å². The summed E-state index contributed by atoms with van der Waals surface area (Å²) in [7, 11) is 0. The lowest BCUT2D eigenvalue weighted by Crippen LogP contribution is -2.09. The number of aromatic nitrogens is 2. The minimum atomic E-state index is 0.809. The highest BCUT2D eigenvalue weighted by Crippen LogP contribution is 2.38. The Morgan fingerprint density at radius 3 is 2.59 bits per heavy atom. The minimum Gasteiger partial charge on any atom is -0.369 e. The van der Waals surface area contributed by atoms with E-state index in [9.17, 15) is 0 Å². The summed E-state index contributed by atoms with van der Waals surface area (Å²) in [5.41, 5.74) is 0. The summed E-state index contributed by atoms with van der Waals surface area (Å²) in [6, 6.07) is 0. The van der Waals surface area contributed by atoms with E-state index in [0.717, 1.165) is 47.5 Å². The molecule has 4 nitrogen and oxygen atoms in total. The van der Waals surface area contributed by atoms with E-state index >= 15 is 0 Å². The second-order valence-electron chi connectivity index (χ2n) is 4.67. The van der Waals surface area contributed by atoms with Crippen molar-refractivity contribution in [2.24, 2.45) is 11.8 Å². The molecule has 2 atom stereocenters. The Morgan fingerprint density at radius 1 is 1.35 bits per heavy atom. The van der Waals surface area contributed by atoms with Gasteiger partial charge in [0.15, 0.2) is 0 Å². The predicted molar refractivity (Wildman–Crippen MR) is 74.3 cm³/mol. The second kappa shape index (κ2) is 5.67. The number of halogens is 1. The Balaban J connectivity index is 1.96. The van der Waals surface area contributed by atoms with E-state index < -0.39 is 0 Å². The van der Waals surface area contributed by atoms with Gasteiger partial charge in [0.2, 0.25) is 0 Å². The molecule has 0 saturated heterocycles. The summed E-state index contributed by atoms with van der Waals surface area (Å²) in [6.45, 7) is 6.35. The van der Waals surface area contributed by atoms with Gasteiger partial charge in [-0.05, 0) is 40.6 Å². The standard InChI is InChI=1S/C12H19BrN4/c1-3-4-14-11-10(13)12(17-7-16-11)15-6-9-5-8(9)2/h7-9H,3-6H2,1-2H3,(H2,14,15,16,17). The van der Waals surface area contributed by atoms with Crippen molar-refractivity contribution in [2.45, 2.75) is 26.7 Å². The molecule has 1 aromatic heterocycles. The second-order valence-corrected chi connectivity index (χ2v) is 5.46. The first-order valence-corrected chi connectivity index (χ1v) is 7.00. The molecule has 1 aromatic rings. The van der Waals surface area contributed by atoms with E-state index in [-0.39, 0.29) is 0 Å². The average molecular weight is 299 g/mol. The number of anilines is 2. The highest BCUT2D eigenvalue weighted by Gasteiger charge is 2.32. The quantitative estimate of drug-likeness (QED) is 0.847. The first kappa shape index (κ1) is 12.6. The van der Waals surface area contributed by atoms with Crippen molar-refractivity contribution >= 4 is 27.6 Å². The molecule has 1 aliphatic carbocycles. The van der Waals surface area contributed by atoms with Crippen LogP contribution in [0.5, 0.6) is 0 Å². The first-order valence-electron chi connectivity index (χ1n) is 6.20. The Bertz CT molecular complexity index is 383. The molecule has 17 heavy (non-hydrogen) atoms. The van der Waals surface area contributed by atoms with E-state index in [1.807, 2.05) is 0 Å². The van der Waals surface area contributed by atoms with Crippen molar-refractivity contribution in [3.8, 4) is 0 Å². The predicted octanol–water partition coefficient (Wildman–Crippen LogP) is 3.13. The summed E-state index contributed by atoms with van der Waals surface area (Å²) in [6.07, 6.45) is 4.01. The van der Waals surface area contributed by atoms with Crippen LogP contribution in [0, 0.1) is 11.8 Å². The van der Waals surface area contributed by atoms with Crippen LogP contribution in [-0.4, -0.2) is 23.1 Å². The number of nitrogens with zero attached hydrogens (tertiary/aromatic N) is 2. The SMILES string of the molecule is CCCNc1ncnc(NCC2CC2C)c1Br. The van der Waals surface area contributed by atoms with E-state index in [2.05, 4.69) is 50.4 Å². The molecule has 2 N–H and O–H groups in total. The maximum Gasteiger partial charge on any atom is 0.145 e. The average Bonchev–Trinajstić information content (AvgIpc) is 3.02. The number of hydrogen-bond donors (Lipinski definition) is 2. The van der Waals surface area contributed by atoms with Gasteiger partial charge >= 0.3 is 0 Å². The molecule has 0 radical (unpaired) electrons. The maximum atomic E-state index is 4.26. The number of hydrogen-bond acceptors (Lipinski definition) is 4. The van der Waals surface area contributed by atoms with Crippen LogP contribution in [0.15, 0.2) is 10.8 Å². The third-order valence-corrected chi connectivity index (χ3v) is 3.89. The molecule has 0 aliphatic heterocycles. The minimum absolute atomic E-state index is 0.809. The molecule has 94 valence electrons. The van der Waals surface area contributed by atoms with Crippen LogP contribution in [0.25, 0.3) is 0 Å². The van der Waals surface area contributed by atoms with E-state index in [1.165, 1.54) is 6.42 Å². The van der Waals surface area contributed by atoms with Gasteiger partial charge in [0, 0.05) is 13.1 Å². The van der Waals surface area contributed by atoms with Crippen LogP contribution in [0.3, 0.4) is 0 Å². The van der Waals surface area contributed by atoms with E-state index in [0.29, 0.717) is 0 Å². The summed E-state index contributed by atoms with van der Waals surface area (Å²) in [5, 5.41) is 6.66. The Labute approximate surface area is 111 Å². The number of rotatable bonds is 6. The molecule has 0 amide bonds. The van der Waals surface area contributed by atoms with Crippen molar-refractivity contribution in [1.82, 2.24) is 9.97 Å². The van der Waals surface area contributed by atoms with Crippen LogP contribution < -0.4 is 10.6 Å². The third kappa shape index (κ3) is 3.31. The normalized spacial score (nSPS) is 22.3. The molecule has 2 rings (SSSR count). The highest BCUT2D eigenvalue weighted by molar-refractivity contribution is 9.10. The van der Waals surface area contributed by atoms with Gasteiger partial charge in [0.25, 0.3) is 0 Å². The van der Waals surface area contributed by atoms with Gasteiger partial charge in [0.1, 0.15) is 22.4 Å². The molecule has 1 heterocycles. The van der Waals surface area contributed by atoms with Crippen LogP contribution in [0.1, 0.15) is 26.7 Å². The molecular weight excluding hydrogens is 280 g/mol. The fraction of sp³-hybridized carbons (Fsp3) is 0.667. The summed E-state index contributed by atoms with van der Waals surface area (Å²) in [4.78, 5) is 8.49. The van der Waals surface area contributed by atoms with E-state index in [1.54, 1.807) is 6.33 Å². The lowest BCUT2D eigenvalue weighted by atomic mass is 10.3. The fourth-order valence-corrected chi connectivity index (χ4v) is 2.26. The van der Waals surface area contributed by atoms with Gasteiger partial charge in [0.05, 0.1) is 0 Å². The van der Waals surface area contributed by atoms with Gasteiger partial charge in [-0.3, -0.25) is 0 Å². The molecular formula is C12H19BrN4. The highest BCUT2D eigenvalue weighted by atomic mass is 79.9. The van der Waals surface area contributed by atoms with E-state index in [4.69, 9.17) is 0 Å². The zero-order valence-corrected chi connectivity index (χ0v) is 11.9. The van der Waals surface area contributed by atoms with Crippen molar-refractivity contribution < 1.29 is 0 Å². The molecule has 0 bridgehead atoms. The zero-order chi connectivity index (χ0) is 12.3. The summed E-state index contributed by atoms with van der Waals surface area (Å²) >= 11 is 3.55. The molecule has 2 unspecified atom stereocenters. The van der Waals surface area contributed by atoms with Gasteiger partial charge in [-0.2, -0.15) is 0 Å². The topological polar surface area (TPSA) is 49.8 Å². The molecule has 0 aromatic carbocycles. The van der Waals surface area contributed by atoms with Gasteiger partial charge in [-0.1, -0.05) is 13.8 Å². The van der Waals surface area contributed by atoms with Gasteiger partial charge in [-0.25, -0.2) is 9.97 Å². The van der Waals surface area contributed by atoms with Crippen molar-refractivity contribution in [3.63, 3.8) is 0 Å². The number of nitrogens with one attached hydrogen (secondary N) is 2. The first-order chi connectivity index (χ1) is 8.22. The lowest BCUT2D eigenvalue weighted by Gasteiger charge is -2.11. The van der Waals surface area contributed by atoms with Crippen LogP contribution >= 0.6 is 15.9 Å². The van der Waals surface area contributed by atoms with Crippen LogP contribution in [0.4, 0.5) is 11.6 Å². The largest absolute Gasteiger partial charge is 0.369 e. The summed E-state index contributed by atoms with van der Waals surface area (Å²) in [5.74, 6) is 3.43. The van der Waals surface area contributed by atoms with Gasteiger partial charge < -0.3 is 10.6 Å². The summed E-state index contributed by atoms with van der Waals surface area (Å²) < 4.78 is 0.932. The monoisotopic (exact) mass is 298 g/mol. The Hall–Kier alpha value is -0.840. The van der Waals surface area contributed by atoms with Crippen LogP contribution in [-0.2, 0) is 0 Å². The lowest BCUT2D eigenvalue weighted by molar-refractivity contribution is 0.783. The smallest absolute Gasteiger partial charge is 0.145 e. The van der Waals surface area contributed by atoms with Crippen molar-refractivity contribution in [3.05, 3.63) is 10.8 Å². The van der Waals surface area contributed by atoms with Crippen molar-refractivity contribution in [1.29, 1.82) is 0 Å². The van der Waals surface area contributed by atoms with Crippen LogP contribution in [0.2, 0.25) is 0 Å². The molecule has 1 aliphatic rings.